The molecule has 8 heteroatoms. The summed E-state index contributed by atoms with van der Waals surface area (Å²) in [5, 5.41) is 8.85. The molecule has 0 aromatic carbocycles. The fourth-order valence-corrected chi connectivity index (χ4v) is 3.50. The predicted molar refractivity (Wildman–Crippen MR) is 95.7 cm³/mol. The molecular weight excluding hydrogens is 338 g/mol. The van der Waals surface area contributed by atoms with Crippen LogP contribution in [0.3, 0.4) is 0 Å². The third-order valence-corrected chi connectivity index (χ3v) is 4.56. The second-order valence-electron chi connectivity index (χ2n) is 6.72. The highest BCUT2D eigenvalue weighted by Crippen LogP contribution is 2.22. The Hall–Kier alpha value is -2.19. The van der Waals surface area contributed by atoms with Crippen molar-refractivity contribution in [3.63, 3.8) is 0 Å². The van der Waals surface area contributed by atoms with Crippen LogP contribution in [0.1, 0.15) is 46.0 Å². The highest BCUT2D eigenvalue weighted by Gasteiger charge is 2.30. The van der Waals surface area contributed by atoms with Crippen LogP contribution in [0.5, 0.6) is 0 Å². The van der Waals surface area contributed by atoms with Gasteiger partial charge in [-0.15, -0.1) is 0 Å². The SMILES string of the molecule is CCc1c(C(=O)N2CCOC(CN(C)CC(=O)O)C2)[nH]c(C)c1C(C)=O. The van der Waals surface area contributed by atoms with Crippen molar-refractivity contribution in [3.8, 4) is 0 Å². The maximum atomic E-state index is 13.0. The number of aryl methyl sites for hydroxylation is 1. The Labute approximate surface area is 153 Å². The lowest BCUT2D eigenvalue weighted by Crippen LogP contribution is -2.49. The van der Waals surface area contributed by atoms with Crippen LogP contribution in [-0.4, -0.2) is 83.5 Å². The summed E-state index contributed by atoms with van der Waals surface area (Å²) in [7, 11) is 1.71. The number of H-pyrrole nitrogens is 1. The van der Waals surface area contributed by atoms with Gasteiger partial charge in [0.2, 0.25) is 0 Å². The van der Waals surface area contributed by atoms with E-state index in [9.17, 15) is 14.4 Å². The van der Waals surface area contributed by atoms with Gasteiger partial charge >= 0.3 is 5.97 Å². The maximum absolute atomic E-state index is 13.0. The summed E-state index contributed by atoms with van der Waals surface area (Å²) in [5.41, 5.74) is 2.53. The highest BCUT2D eigenvalue weighted by molar-refractivity contribution is 6.02. The van der Waals surface area contributed by atoms with Gasteiger partial charge < -0.3 is 19.7 Å². The Bertz CT molecular complexity index is 697. The third kappa shape index (κ3) is 4.50. The number of carbonyl (C=O) groups is 3. The van der Waals surface area contributed by atoms with E-state index in [2.05, 4.69) is 4.98 Å². The molecule has 0 spiro atoms. The molecule has 0 bridgehead atoms. The minimum absolute atomic E-state index is 0.0511. The lowest BCUT2D eigenvalue weighted by atomic mass is 10.0. The van der Waals surface area contributed by atoms with Gasteiger partial charge in [0.1, 0.15) is 5.69 Å². The molecule has 1 aliphatic heterocycles. The average Bonchev–Trinajstić information content (AvgIpc) is 2.90. The summed E-state index contributed by atoms with van der Waals surface area (Å²) in [6.45, 7) is 6.84. The predicted octanol–water partition coefficient (Wildman–Crippen LogP) is 0.946. The van der Waals surface area contributed by atoms with Crippen LogP contribution in [-0.2, 0) is 16.0 Å². The number of carboxylic acids is 1. The Kier molecular flexibility index (Phi) is 6.55. The standard InChI is InChI=1S/C18H27N3O5/c1-5-14-16(12(3)22)11(2)19-17(14)18(25)21-6-7-26-13(9-21)8-20(4)10-15(23)24/h13,19H,5-10H2,1-4H3,(H,23,24). The molecule has 1 aromatic rings. The van der Waals surface area contributed by atoms with Crippen LogP contribution >= 0.6 is 0 Å². The molecule has 2 N–H and O–H groups in total. The van der Waals surface area contributed by atoms with E-state index in [1.54, 1.807) is 23.8 Å². The van der Waals surface area contributed by atoms with E-state index in [0.717, 1.165) is 5.56 Å². The van der Waals surface area contributed by atoms with Gasteiger partial charge in [0.25, 0.3) is 5.91 Å². The molecule has 2 rings (SSSR count). The van der Waals surface area contributed by atoms with E-state index in [4.69, 9.17) is 9.84 Å². The molecule has 2 heterocycles. The van der Waals surface area contributed by atoms with Gasteiger partial charge in [-0.1, -0.05) is 6.92 Å². The number of nitrogens with one attached hydrogen (secondary N) is 1. The van der Waals surface area contributed by atoms with E-state index in [0.29, 0.717) is 49.6 Å². The van der Waals surface area contributed by atoms with Gasteiger partial charge in [-0.05, 0) is 32.9 Å². The molecule has 0 radical (unpaired) electrons. The quantitative estimate of drug-likeness (QED) is 0.697. The average molecular weight is 365 g/mol. The molecule has 1 aromatic heterocycles. The second kappa shape index (κ2) is 8.46. The number of ketones is 1. The van der Waals surface area contributed by atoms with Crippen LogP contribution in [0.15, 0.2) is 0 Å². The Balaban J connectivity index is 2.13. The number of Topliss-reactive ketones (excluding diaryl/α,β-unsaturated/α-hetero) is 1. The first-order valence-corrected chi connectivity index (χ1v) is 8.78. The van der Waals surface area contributed by atoms with Gasteiger partial charge in [0, 0.05) is 30.9 Å². The van der Waals surface area contributed by atoms with Crippen molar-refractivity contribution in [2.75, 3.05) is 39.8 Å². The molecule has 0 aliphatic carbocycles. The molecule has 1 fully saturated rings. The number of ether oxygens (including phenoxy) is 1. The van der Waals surface area contributed by atoms with Crippen LogP contribution in [0.2, 0.25) is 0 Å². The number of carbonyl (C=O) groups excluding carboxylic acids is 2. The Morgan fingerprint density at radius 2 is 2.08 bits per heavy atom. The number of carboxylic acid groups (broad SMARTS) is 1. The summed E-state index contributed by atoms with van der Waals surface area (Å²) < 4.78 is 5.68. The zero-order valence-corrected chi connectivity index (χ0v) is 15.8. The number of aromatic nitrogens is 1. The maximum Gasteiger partial charge on any atom is 0.317 e. The summed E-state index contributed by atoms with van der Waals surface area (Å²) in [4.78, 5) is 42.1. The fraction of sp³-hybridized carbons (Fsp3) is 0.611. The molecule has 26 heavy (non-hydrogen) atoms. The van der Waals surface area contributed by atoms with E-state index < -0.39 is 5.97 Å². The van der Waals surface area contributed by atoms with E-state index in [-0.39, 0.29) is 24.3 Å². The largest absolute Gasteiger partial charge is 0.480 e. The first kappa shape index (κ1) is 20.1. The smallest absolute Gasteiger partial charge is 0.317 e. The number of amides is 1. The van der Waals surface area contributed by atoms with E-state index in [1.807, 2.05) is 6.92 Å². The minimum Gasteiger partial charge on any atom is -0.480 e. The van der Waals surface area contributed by atoms with Crippen molar-refractivity contribution >= 4 is 17.7 Å². The number of morpholine rings is 1. The van der Waals surface area contributed by atoms with Gasteiger partial charge in [0.05, 0.1) is 19.3 Å². The van der Waals surface area contributed by atoms with Crippen molar-refractivity contribution in [3.05, 3.63) is 22.5 Å². The number of likely N-dealkylation sites (N-methyl/N-ethyl adjacent to an activating group) is 1. The number of aromatic amines is 1. The van der Waals surface area contributed by atoms with Crippen LogP contribution in [0.25, 0.3) is 0 Å². The molecular formula is C18H27N3O5. The number of nitrogens with zero attached hydrogens (tertiary/aromatic N) is 2. The normalized spacial score (nSPS) is 17.6. The number of hydrogen-bond acceptors (Lipinski definition) is 5. The first-order valence-electron chi connectivity index (χ1n) is 8.78. The molecule has 1 unspecified atom stereocenters. The lowest BCUT2D eigenvalue weighted by Gasteiger charge is -2.34. The van der Waals surface area contributed by atoms with Crippen LogP contribution in [0.4, 0.5) is 0 Å². The highest BCUT2D eigenvalue weighted by atomic mass is 16.5. The zero-order valence-electron chi connectivity index (χ0n) is 15.8. The monoisotopic (exact) mass is 365 g/mol. The fourth-order valence-electron chi connectivity index (χ4n) is 3.50. The third-order valence-electron chi connectivity index (χ3n) is 4.56. The van der Waals surface area contributed by atoms with Gasteiger partial charge in [0.15, 0.2) is 5.78 Å². The Morgan fingerprint density at radius 1 is 1.38 bits per heavy atom. The van der Waals surface area contributed by atoms with E-state index >= 15 is 0 Å². The summed E-state index contributed by atoms with van der Waals surface area (Å²) in [5.74, 6) is -1.10. The minimum atomic E-state index is -0.901. The van der Waals surface area contributed by atoms with Crippen molar-refractivity contribution in [2.24, 2.45) is 0 Å². The number of hydrogen-bond donors (Lipinski definition) is 2. The first-order chi connectivity index (χ1) is 12.2. The second-order valence-corrected chi connectivity index (χ2v) is 6.72. The topological polar surface area (TPSA) is 103 Å². The molecule has 8 nitrogen and oxygen atoms in total. The summed E-state index contributed by atoms with van der Waals surface area (Å²) in [6, 6.07) is 0. The number of aliphatic carboxylic acids is 1. The van der Waals surface area contributed by atoms with Gasteiger partial charge in [-0.2, -0.15) is 0 Å². The van der Waals surface area contributed by atoms with Gasteiger partial charge in [-0.3, -0.25) is 19.3 Å². The molecule has 1 amide bonds. The molecule has 1 atom stereocenters. The number of rotatable bonds is 7. The van der Waals surface area contributed by atoms with Crippen molar-refractivity contribution in [1.29, 1.82) is 0 Å². The van der Waals surface area contributed by atoms with Crippen LogP contribution < -0.4 is 0 Å². The van der Waals surface area contributed by atoms with Gasteiger partial charge in [-0.25, -0.2) is 0 Å². The Morgan fingerprint density at radius 3 is 2.65 bits per heavy atom. The van der Waals surface area contributed by atoms with E-state index in [1.165, 1.54) is 6.92 Å². The molecule has 1 aliphatic rings. The zero-order chi connectivity index (χ0) is 19.4. The van der Waals surface area contributed by atoms with Crippen molar-refractivity contribution in [2.45, 2.75) is 33.3 Å². The molecule has 1 saturated heterocycles. The van der Waals surface area contributed by atoms with Crippen molar-refractivity contribution in [1.82, 2.24) is 14.8 Å². The van der Waals surface area contributed by atoms with Crippen molar-refractivity contribution < 1.29 is 24.2 Å². The molecule has 144 valence electrons. The van der Waals surface area contributed by atoms with Crippen LogP contribution in [0, 0.1) is 6.92 Å². The lowest BCUT2D eigenvalue weighted by molar-refractivity contribution is -0.138. The molecule has 0 saturated carbocycles. The summed E-state index contributed by atoms with van der Waals surface area (Å²) in [6.07, 6.45) is 0.348. The summed E-state index contributed by atoms with van der Waals surface area (Å²) >= 11 is 0.